The van der Waals surface area contributed by atoms with Gasteiger partial charge in [0.05, 0.1) is 22.3 Å². The molecule has 172 valence electrons. The van der Waals surface area contributed by atoms with Crippen LogP contribution in [0, 0.1) is 6.92 Å². The second kappa shape index (κ2) is 9.72. The Hall–Kier alpha value is -3.23. The van der Waals surface area contributed by atoms with Crippen molar-refractivity contribution in [3.63, 3.8) is 0 Å². The molecule has 0 unspecified atom stereocenters. The molecule has 0 aliphatic carbocycles. The van der Waals surface area contributed by atoms with Crippen LogP contribution in [-0.4, -0.2) is 62.3 Å². The smallest absolute Gasteiger partial charge is 0.264 e. The van der Waals surface area contributed by atoms with Gasteiger partial charge in [-0.3, -0.25) is 19.0 Å². The molecule has 0 N–H and O–H groups in total. The van der Waals surface area contributed by atoms with E-state index in [9.17, 15) is 13.2 Å². The molecule has 0 bridgehead atoms. The van der Waals surface area contributed by atoms with Gasteiger partial charge in [-0.2, -0.15) is 0 Å². The molecular weight excluding hydrogens is 436 g/mol. The predicted molar refractivity (Wildman–Crippen MR) is 129 cm³/mol. The van der Waals surface area contributed by atoms with Gasteiger partial charge in [-0.15, -0.1) is 0 Å². The Morgan fingerprint density at radius 2 is 1.64 bits per heavy atom. The Bertz CT molecular complexity index is 1210. The average molecular weight is 465 g/mol. The van der Waals surface area contributed by atoms with E-state index in [2.05, 4.69) is 22.0 Å². The lowest BCUT2D eigenvalue weighted by atomic mass is 10.2. The highest BCUT2D eigenvalue weighted by molar-refractivity contribution is 7.92. The van der Waals surface area contributed by atoms with Crippen molar-refractivity contribution in [2.75, 3.05) is 37.5 Å². The third-order valence-corrected chi connectivity index (χ3v) is 7.72. The van der Waals surface area contributed by atoms with Gasteiger partial charge in [0.1, 0.15) is 0 Å². The average Bonchev–Trinajstić information content (AvgIpc) is 2.84. The molecule has 8 heteroatoms. The summed E-state index contributed by atoms with van der Waals surface area (Å²) in [4.78, 5) is 21.6. The third kappa shape index (κ3) is 5.23. The lowest BCUT2D eigenvalue weighted by Gasteiger charge is -2.34. The van der Waals surface area contributed by atoms with E-state index in [1.54, 1.807) is 35.2 Å². The number of carbonyl (C=O) groups is 1. The summed E-state index contributed by atoms with van der Waals surface area (Å²) in [7, 11) is -2.28. The zero-order valence-electron chi connectivity index (χ0n) is 18.9. The van der Waals surface area contributed by atoms with Crippen LogP contribution in [0.5, 0.6) is 0 Å². The zero-order valence-corrected chi connectivity index (χ0v) is 19.7. The van der Waals surface area contributed by atoms with Crippen LogP contribution in [0.25, 0.3) is 0 Å². The summed E-state index contributed by atoms with van der Waals surface area (Å²) in [6.45, 7) is 5.58. The fourth-order valence-electron chi connectivity index (χ4n) is 3.86. The van der Waals surface area contributed by atoms with Gasteiger partial charge in [0, 0.05) is 46.0 Å². The summed E-state index contributed by atoms with van der Waals surface area (Å²) in [5.74, 6) is -0.134. The maximum Gasteiger partial charge on any atom is 0.264 e. The van der Waals surface area contributed by atoms with Crippen LogP contribution < -0.4 is 4.31 Å². The van der Waals surface area contributed by atoms with Crippen molar-refractivity contribution in [3.8, 4) is 0 Å². The number of piperazine rings is 1. The molecule has 33 heavy (non-hydrogen) atoms. The first-order valence-corrected chi connectivity index (χ1v) is 12.3. The number of carbonyl (C=O) groups excluding carboxylic acids is 1. The molecule has 1 aliphatic rings. The van der Waals surface area contributed by atoms with Crippen molar-refractivity contribution in [1.29, 1.82) is 0 Å². The first kappa shape index (κ1) is 22.9. The molecule has 0 atom stereocenters. The molecular formula is C25H28N4O3S. The lowest BCUT2D eigenvalue weighted by molar-refractivity contribution is 0.0628. The first-order chi connectivity index (χ1) is 15.8. The summed E-state index contributed by atoms with van der Waals surface area (Å²) in [5, 5.41) is 0. The van der Waals surface area contributed by atoms with Crippen molar-refractivity contribution >= 4 is 21.6 Å². The number of sulfonamides is 1. The molecule has 0 spiro atoms. The van der Waals surface area contributed by atoms with Gasteiger partial charge >= 0.3 is 0 Å². The number of nitrogens with zero attached hydrogens (tertiary/aromatic N) is 4. The molecule has 1 saturated heterocycles. The number of aromatic nitrogens is 1. The van der Waals surface area contributed by atoms with E-state index in [0.29, 0.717) is 24.3 Å². The highest BCUT2D eigenvalue weighted by Crippen LogP contribution is 2.23. The molecule has 7 nitrogen and oxygen atoms in total. The van der Waals surface area contributed by atoms with Crippen molar-refractivity contribution in [1.82, 2.24) is 14.8 Å². The molecule has 1 aliphatic heterocycles. The van der Waals surface area contributed by atoms with Crippen LogP contribution in [0.1, 0.15) is 21.5 Å². The fourth-order valence-corrected chi connectivity index (χ4v) is 5.03. The largest absolute Gasteiger partial charge is 0.336 e. The van der Waals surface area contributed by atoms with E-state index in [4.69, 9.17) is 0 Å². The highest BCUT2D eigenvalue weighted by atomic mass is 32.2. The monoisotopic (exact) mass is 464 g/mol. The predicted octanol–water partition coefficient (Wildman–Crippen LogP) is 3.17. The number of amides is 1. The van der Waals surface area contributed by atoms with Crippen LogP contribution >= 0.6 is 0 Å². The summed E-state index contributed by atoms with van der Waals surface area (Å²) in [6.07, 6.45) is 2.95. The van der Waals surface area contributed by atoms with E-state index < -0.39 is 10.0 Å². The fraction of sp³-hybridized carbons (Fsp3) is 0.280. The number of pyridine rings is 1. The maximum absolute atomic E-state index is 13.1. The molecule has 3 aromatic rings. The van der Waals surface area contributed by atoms with Crippen LogP contribution in [0.3, 0.4) is 0 Å². The number of aryl methyl sites for hydroxylation is 1. The maximum atomic E-state index is 13.1. The van der Waals surface area contributed by atoms with Gasteiger partial charge in [-0.25, -0.2) is 8.42 Å². The third-order valence-electron chi connectivity index (χ3n) is 5.92. The summed E-state index contributed by atoms with van der Waals surface area (Å²) in [5.41, 5.74) is 2.97. The van der Waals surface area contributed by atoms with E-state index in [-0.39, 0.29) is 10.8 Å². The van der Waals surface area contributed by atoms with Crippen molar-refractivity contribution in [2.45, 2.75) is 18.4 Å². The lowest BCUT2D eigenvalue weighted by Crippen LogP contribution is -2.48. The van der Waals surface area contributed by atoms with Crippen molar-refractivity contribution in [2.24, 2.45) is 0 Å². The number of benzene rings is 2. The minimum Gasteiger partial charge on any atom is -0.336 e. The molecule has 2 heterocycles. The van der Waals surface area contributed by atoms with Gasteiger partial charge in [0.25, 0.3) is 15.9 Å². The van der Waals surface area contributed by atoms with Gasteiger partial charge in [-0.1, -0.05) is 48.0 Å². The van der Waals surface area contributed by atoms with E-state index >= 15 is 0 Å². The van der Waals surface area contributed by atoms with Gasteiger partial charge in [0.2, 0.25) is 0 Å². The number of hydrogen-bond acceptors (Lipinski definition) is 5. The second-order valence-electron chi connectivity index (χ2n) is 8.27. The SMILES string of the molecule is Cc1ccc(S(=O)(=O)N(C)c2cncc(C(=O)N3CCN(Cc4ccccc4)CC3)c2)cc1. The van der Waals surface area contributed by atoms with Crippen LogP contribution in [0.15, 0.2) is 78.0 Å². The molecule has 1 fully saturated rings. The summed E-state index contributed by atoms with van der Waals surface area (Å²) in [6, 6.07) is 18.6. The highest BCUT2D eigenvalue weighted by Gasteiger charge is 2.25. The van der Waals surface area contributed by atoms with Gasteiger partial charge in [0.15, 0.2) is 0 Å². The summed E-state index contributed by atoms with van der Waals surface area (Å²) < 4.78 is 27.2. The Labute approximate surface area is 195 Å². The second-order valence-corrected chi connectivity index (χ2v) is 10.2. The molecule has 1 aromatic heterocycles. The van der Waals surface area contributed by atoms with Crippen LogP contribution in [0.4, 0.5) is 5.69 Å². The number of anilines is 1. The first-order valence-electron chi connectivity index (χ1n) is 10.9. The Kier molecular flexibility index (Phi) is 6.76. The van der Waals surface area contributed by atoms with E-state index in [1.807, 2.05) is 25.1 Å². The molecule has 0 radical (unpaired) electrons. The van der Waals surface area contributed by atoms with Crippen molar-refractivity contribution in [3.05, 3.63) is 89.7 Å². The number of hydrogen-bond donors (Lipinski definition) is 0. The Balaban J connectivity index is 1.43. The Morgan fingerprint density at radius 1 is 0.970 bits per heavy atom. The Morgan fingerprint density at radius 3 is 2.30 bits per heavy atom. The van der Waals surface area contributed by atoms with E-state index in [0.717, 1.165) is 25.2 Å². The van der Waals surface area contributed by atoms with E-state index in [1.165, 1.54) is 29.3 Å². The minimum atomic E-state index is -3.75. The topological polar surface area (TPSA) is 73.8 Å². The van der Waals surface area contributed by atoms with Crippen LogP contribution in [0.2, 0.25) is 0 Å². The van der Waals surface area contributed by atoms with Crippen molar-refractivity contribution < 1.29 is 13.2 Å². The quantitative estimate of drug-likeness (QED) is 0.560. The molecule has 4 rings (SSSR count). The van der Waals surface area contributed by atoms with Gasteiger partial charge in [-0.05, 0) is 30.7 Å². The molecule has 0 saturated carbocycles. The van der Waals surface area contributed by atoms with Gasteiger partial charge < -0.3 is 4.90 Å². The summed E-state index contributed by atoms with van der Waals surface area (Å²) >= 11 is 0. The molecule has 2 aromatic carbocycles. The normalized spacial score (nSPS) is 14.8. The standard InChI is InChI=1S/C25H28N4O3S/c1-20-8-10-24(11-9-20)33(31,32)27(2)23-16-22(17-26-18-23)25(30)29-14-12-28(13-15-29)19-21-6-4-3-5-7-21/h3-11,16-18H,12-15,19H2,1-2H3. The number of rotatable bonds is 6. The zero-order chi connectivity index (χ0) is 23.4. The van der Waals surface area contributed by atoms with Crippen LogP contribution in [-0.2, 0) is 16.6 Å². The minimum absolute atomic E-state index is 0.134. The molecule has 1 amide bonds.